The molecule has 1 aliphatic heterocycles. The molecule has 18 heavy (non-hydrogen) atoms. The third-order valence-electron chi connectivity index (χ3n) is 3.22. The number of aliphatic hydroxyl groups is 1. The van der Waals surface area contributed by atoms with Gasteiger partial charge in [0.05, 0.1) is 6.10 Å². The number of rotatable bonds is 1. The van der Waals surface area contributed by atoms with Gasteiger partial charge in [0.15, 0.2) is 0 Å². The maximum Gasteiger partial charge on any atom is 0.321 e. The fourth-order valence-electron chi connectivity index (χ4n) is 2.09. The molecule has 2 amide bonds. The van der Waals surface area contributed by atoms with Crippen LogP contribution in [0.4, 0.5) is 10.5 Å². The van der Waals surface area contributed by atoms with E-state index in [0.717, 1.165) is 0 Å². The lowest BCUT2D eigenvalue weighted by Crippen LogP contribution is -2.46. The summed E-state index contributed by atoms with van der Waals surface area (Å²) in [6.45, 7) is 3.11. The number of nitrogens with one attached hydrogen (secondary N) is 1. The van der Waals surface area contributed by atoms with Gasteiger partial charge >= 0.3 is 6.03 Å². The summed E-state index contributed by atoms with van der Waals surface area (Å²) in [5, 5.41) is 13.0. The Kier molecular flexibility index (Phi) is 4.09. The molecule has 1 heterocycles. The zero-order valence-electron chi connectivity index (χ0n) is 10.3. The summed E-state index contributed by atoms with van der Waals surface area (Å²) < 4.78 is 0. The maximum atomic E-state index is 12.0. The molecular formula is C13H17ClN2O2. The van der Waals surface area contributed by atoms with E-state index in [1.54, 1.807) is 29.2 Å². The van der Waals surface area contributed by atoms with Crippen molar-refractivity contribution in [2.75, 3.05) is 18.4 Å². The molecule has 0 bridgehead atoms. The highest BCUT2D eigenvalue weighted by Crippen LogP contribution is 2.19. The number of hydrogen-bond acceptors (Lipinski definition) is 2. The van der Waals surface area contributed by atoms with Crippen molar-refractivity contribution in [2.24, 2.45) is 5.92 Å². The number of piperidine rings is 1. The van der Waals surface area contributed by atoms with Gasteiger partial charge in [0.1, 0.15) is 0 Å². The van der Waals surface area contributed by atoms with E-state index in [1.165, 1.54) is 0 Å². The molecule has 0 aliphatic carbocycles. The van der Waals surface area contributed by atoms with E-state index in [0.29, 0.717) is 30.2 Å². The van der Waals surface area contributed by atoms with Crippen molar-refractivity contribution in [1.29, 1.82) is 0 Å². The highest BCUT2D eigenvalue weighted by atomic mass is 35.5. The molecular weight excluding hydrogens is 252 g/mol. The van der Waals surface area contributed by atoms with Gasteiger partial charge in [0.2, 0.25) is 0 Å². The summed E-state index contributed by atoms with van der Waals surface area (Å²) in [7, 11) is 0. The molecule has 0 radical (unpaired) electrons. The molecule has 1 saturated heterocycles. The Balaban J connectivity index is 1.96. The van der Waals surface area contributed by atoms with Crippen molar-refractivity contribution in [3.63, 3.8) is 0 Å². The number of likely N-dealkylation sites (tertiary alicyclic amines) is 1. The van der Waals surface area contributed by atoms with Crippen LogP contribution in [0.25, 0.3) is 0 Å². The molecule has 5 heteroatoms. The second-order valence-electron chi connectivity index (χ2n) is 4.72. The normalized spacial score (nSPS) is 23.8. The number of anilines is 1. The number of carbonyl (C=O) groups is 1. The third-order valence-corrected chi connectivity index (χ3v) is 3.46. The zero-order valence-corrected chi connectivity index (χ0v) is 11.0. The Morgan fingerprint density at radius 3 is 3.00 bits per heavy atom. The molecule has 0 spiro atoms. The van der Waals surface area contributed by atoms with Gasteiger partial charge in [-0.05, 0) is 30.5 Å². The average molecular weight is 269 g/mol. The van der Waals surface area contributed by atoms with Gasteiger partial charge in [0.25, 0.3) is 0 Å². The quantitative estimate of drug-likeness (QED) is 0.823. The summed E-state index contributed by atoms with van der Waals surface area (Å²) in [6.07, 6.45) is 0.324. The smallest absolute Gasteiger partial charge is 0.321 e. The molecule has 1 aliphatic rings. The molecule has 2 atom stereocenters. The number of halogens is 1. The van der Waals surface area contributed by atoms with Crippen molar-refractivity contribution < 1.29 is 9.90 Å². The molecule has 1 aromatic rings. The second-order valence-corrected chi connectivity index (χ2v) is 5.16. The first-order chi connectivity index (χ1) is 8.56. The number of amides is 2. The van der Waals surface area contributed by atoms with Crippen LogP contribution in [0.2, 0.25) is 5.02 Å². The van der Waals surface area contributed by atoms with E-state index < -0.39 is 0 Å². The number of carbonyl (C=O) groups excluding carboxylic acids is 1. The standard InChI is InChI=1S/C13H17ClN2O2/c1-9-8-16(6-5-12(9)17)13(18)15-11-4-2-3-10(14)7-11/h2-4,7,9,12,17H,5-6,8H2,1H3,(H,15,18). The molecule has 4 nitrogen and oxygen atoms in total. The van der Waals surface area contributed by atoms with Crippen LogP contribution in [0, 0.1) is 5.92 Å². The van der Waals surface area contributed by atoms with Gasteiger partial charge in [-0.1, -0.05) is 24.6 Å². The SMILES string of the molecule is CC1CN(C(=O)Nc2cccc(Cl)c2)CCC1O. The van der Waals surface area contributed by atoms with Crippen LogP contribution >= 0.6 is 11.6 Å². The Morgan fingerprint density at radius 2 is 2.33 bits per heavy atom. The first kappa shape index (κ1) is 13.2. The number of hydrogen-bond donors (Lipinski definition) is 2. The van der Waals surface area contributed by atoms with Crippen LogP contribution in [0.3, 0.4) is 0 Å². The summed E-state index contributed by atoms with van der Waals surface area (Å²) in [5.41, 5.74) is 0.686. The molecule has 2 rings (SSSR count). The monoisotopic (exact) mass is 268 g/mol. The molecule has 1 fully saturated rings. The number of benzene rings is 1. The van der Waals surface area contributed by atoms with Crippen LogP contribution in [0.1, 0.15) is 13.3 Å². The fraction of sp³-hybridized carbons (Fsp3) is 0.462. The number of urea groups is 1. The van der Waals surface area contributed by atoms with Crippen molar-refractivity contribution in [3.05, 3.63) is 29.3 Å². The van der Waals surface area contributed by atoms with Gasteiger partial charge in [-0.15, -0.1) is 0 Å². The van der Waals surface area contributed by atoms with Crippen LogP contribution in [0.5, 0.6) is 0 Å². The van der Waals surface area contributed by atoms with Crippen molar-refractivity contribution in [3.8, 4) is 0 Å². The average Bonchev–Trinajstić information content (AvgIpc) is 2.32. The third kappa shape index (κ3) is 3.15. The minimum atomic E-state index is -0.305. The topological polar surface area (TPSA) is 52.6 Å². The van der Waals surface area contributed by atoms with Crippen molar-refractivity contribution in [1.82, 2.24) is 4.90 Å². The Bertz CT molecular complexity index is 439. The van der Waals surface area contributed by atoms with E-state index in [1.807, 2.05) is 6.92 Å². The molecule has 0 saturated carbocycles. The first-order valence-electron chi connectivity index (χ1n) is 6.06. The van der Waals surface area contributed by atoms with E-state index in [2.05, 4.69) is 5.32 Å². The largest absolute Gasteiger partial charge is 0.393 e. The Morgan fingerprint density at radius 1 is 1.56 bits per heavy atom. The molecule has 98 valence electrons. The van der Waals surface area contributed by atoms with E-state index in [9.17, 15) is 9.90 Å². The predicted molar refractivity (Wildman–Crippen MR) is 71.8 cm³/mol. The lowest BCUT2D eigenvalue weighted by Gasteiger charge is -2.34. The van der Waals surface area contributed by atoms with Gasteiger partial charge in [-0.25, -0.2) is 4.79 Å². The Hall–Kier alpha value is -1.26. The summed E-state index contributed by atoms with van der Waals surface area (Å²) in [6, 6.07) is 6.92. The second kappa shape index (κ2) is 5.59. The molecule has 2 unspecified atom stereocenters. The lowest BCUT2D eigenvalue weighted by molar-refractivity contribution is 0.0506. The Labute approximate surface area is 112 Å². The lowest BCUT2D eigenvalue weighted by atomic mass is 9.97. The fourth-order valence-corrected chi connectivity index (χ4v) is 2.28. The van der Waals surface area contributed by atoms with Crippen LogP contribution in [0.15, 0.2) is 24.3 Å². The minimum Gasteiger partial charge on any atom is -0.393 e. The number of aliphatic hydroxyl groups excluding tert-OH is 1. The number of nitrogens with zero attached hydrogens (tertiary/aromatic N) is 1. The van der Waals surface area contributed by atoms with Crippen LogP contribution in [-0.2, 0) is 0 Å². The highest BCUT2D eigenvalue weighted by Gasteiger charge is 2.27. The zero-order chi connectivity index (χ0) is 13.1. The first-order valence-corrected chi connectivity index (χ1v) is 6.43. The van der Waals surface area contributed by atoms with Gasteiger partial charge in [-0.3, -0.25) is 0 Å². The van der Waals surface area contributed by atoms with Gasteiger partial charge < -0.3 is 15.3 Å². The van der Waals surface area contributed by atoms with Crippen molar-refractivity contribution in [2.45, 2.75) is 19.4 Å². The molecule has 1 aromatic carbocycles. The summed E-state index contributed by atoms with van der Waals surface area (Å²) >= 11 is 5.86. The van der Waals surface area contributed by atoms with Crippen LogP contribution < -0.4 is 5.32 Å². The van der Waals surface area contributed by atoms with Gasteiger partial charge in [0, 0.05) is 23.8 Å². The molecule has 0 aromatic heterocycles. The van der Waals surface area contributed by atoms with E-state index >= 15 is 0 Å². The van der Waals surface area contributed by atoms with Crippen molar-refractivity contribution >= 4 is 23.3 Å². The van der Waals surface area contributed by atoms with E-state index in [4.69, 9.17) is 11.6 Å². The minimum absolute atomic E-state index is 0.115. The van der Waals surface area contributed by atoms with Crippen LogP contribution in [-0.4, -0.2) is 35.2 Å². The summed E-state index contributed by atoms with van der Waals surface area (Å²) in [5.74, 6) is 0.115. The van der Waals surface area contributed by atoms with Gasteiger partial charge in [-0.2, -0.15) is 0 Å². The summed E-state index contributed by atoms with van der Waals surface area (Å²) in [4.78, 5) is 13.7. The predicted octanol–water partition coefficient (Wildman–Crippen LogP) is 2.57. The van der Waals surface area contributed by atoms with E-state index in [-0.39, 0.29) is 18.1 Å². The maximum absolute atomic E-state index is 12.0. The highest BCUT2D eigenvalue weighted by molar-refractivity contribution is 6.30. The molecule has 2 N–H and O–H groups in total.